The monoisotopic (exact) mass is 351 g/mol. The second-order valence-electron chi connectivity index (χ2n) is 7.22. The molecule has 24 heavy (non-hydrogen) atoms. The maximum atomic E-state index is 11.3. The van der Waals surface area contributed by atoms with Gasteiger partial charge >= 0.3 is 5.97 Å². The van der Waals surface area contributed by atoms with Crippen molar-refractivity contribution >= 4 is 17.3 Å². The van der Waals surface area contributed by atoms with Gasteiger partial charge in [0.1, 0.15) is 10.5 Å². The fourth-order valence-corrected chi connectivity index (χ4v) is 5.46. The highest BCUT2D eigenvalue weighted by molar-refractivity contribution is 7.14. The summed E-state index contributed by atoms with van der Waals surface area (Å²) in [6.45, 7) is 5.77. The van der Waals surface area contributed by atoms with E-state index in [1.165, 1.54) is 34.6 Å². The summed E-state index contributed by atoms with van der Waals surface area (Å²) in [4.78, 5) is 15.5. The largest absolute Gasteiger partial charge is 0.477 e. The van der Waals surface area contributed by atoms with Crippen LogP contribution in [0.2, 0.25) is 0 Å². The normalized spacial score (nSPS) is 26.6. The van der Waals surface area contributed by atoms with Gasteiger partial charge in [-0.1, -0.05) is 0 Å². The molecule has 132 valence electrons. The summed E-state index contributed by atoms with van der Waals surface area (Å²) in [5, 5.41) is 9.29. The van der Waals surface area contributed by atoms with Crippen LogP contribution in [0.1, 0.15) is 45.8 Å². The highest BCUT2D eigenvalue weighted by Gasteiger charge is 2.42. The average Bonchev–Trinajstić information content (AvgIpc) is 3.24. The zero-order valence-electron chi connectivity index (χ0n) is 14.0. The minimum Gasteiger partial charge on any atom is -0.477 e. The molecule has 3 aliphatic heterocycles. The number of fused-ring (bicyclic) bond motifs is 2. The summed E-state index contributed by atoms with van der Waals surface area (Å²) in [5.74, 6) is -0.0883. The molecule has 4 rings (SSSR count). The van der Waals surface area contributed by atoms with E-state index in [-0.39, 0.29) is 5.60 Å². The molecule has 0 saturated carbocycles. The van der Waals surface area contributed by atoms with E-state index in [0.29, 0.717) is 11.5 Å². The number of aromatic carboxylic acids is 1. The van der Waals surface area contributed by atoms with Gasteiger partial charge in [-0.2, -0.15) is 0 Å². The highest BCUT2D eigenvalue weighted by Crippen LogP contribution is 2.45. The van der Waals surface area contributed by atoms with Crippen LogP contribution in [-0.2, 0) is 21.5 Å². The van der Waals surface area contributed by atoms with Crippen molar-refractivity contribution in [1.29, 1.82) is 0 Å². The topological polar surface area (TPSA) is 59.0 Å². The molecule has 1 spiro atoms. The maximum Gasteiger partial charge on any atom is 0.345 e. The highest BCUT2D eigenvalue weighted by atomic mass is 32.1. The first-order valence-corrected chi connectivity index (χ1v) is 9.78. The molecule has 0 amide bonds. The van der Waals surface area contributed by atoms with Gasteiger partial charge in [0.25, 0.3) is 0 Å². The van der Waals surface area contributed by atoms with Crippen molar-refractivity contribution in [3.8, 4) is 0 Å². The van der Waals surface area contributed by atoms with Gasteiger partial charge in [-0.05, 0) is 56.2 Å². The molecule has 2 fully saturated rings. The number of hydrogen-bond donors (Lipinski definition) is 1. The Bertz CT molecular complexity index is 600. The number of thiophene rings is 1. The van der Waals surface area contributed by atoms with E-state index in [2.05, 4.69) is 4.90 Å². The zero-order chi connectivity index (χ0) is 16.6. The number of carboxylic acids is 1. The molecule has 1 unspecified atom stereocenters. The lowest BCUT2D eigenvalue weighted by atomic mass is 9.85. The van der Waals surface area contributed by atoms with Gasteiger partial charge in [0.05, 0.1) is 6.61 Å². The first-order chi connectivity index (χ1) is 11.7. The van der Waals surface area contributed by atoms with Gasteiger partial charge in [0, 0.05) is 31.2 Å². The van der Waals surface area contributed by atoms with E-state index >= 15 is 0 Å². The Labute approximate surface area is 146 Å². The summed E-state index contributed by atoms with van der Waals surface area (Å²) < 4.78 is 11.7. The summed E-state index contributed by atoms with van der Waals surface area (Å²) in [7, 11) is 0. The number of ether oxygens (including phenoxy) is 2. The summed E-state index contributed by atoms with van der Waals surface area (Å²) >= 11 is 1.42. The molecule has 0 bridgehead atoms. The standard InChI is InChI=1S/C18H25NO4S/c20-17(21)15-11-14-3-10-23-18(16(14)24-15)4-7-19(8-5-18)6-1-13-2-9-22-12-13/h11,13H,1-10,12H2,(H,20,21). The molecule has 3 aliphatic rings. The van der Waals surface area contributed by atoms with Crippen LogP contribution in [0.5, 0.6) is 0 Å². The first kappa shape index (κ1) is 16.5. The van der Waals surface area contributed by atoms with E-state index < -0.39 is 5.97 Å². The molecule has 4 heterocycles. The smallest absolute Gasteiger partial charge is 0.345 e. The van der Waals surface area contributed by atoms with E-state index in [0.717, 1.165) is 58.0 Å². The van der Waals surface area contributed by atoms with E-state index in [9.17, 15) is 9.90 Å². The van der Waals surface area contributed by atoms with Crippen LogP contribution >= 0.6 is 11.3 Å². The molecule has 2 saturated heterocycles. The fraction of sp³-hybridized carbons (Fsp3) is 0.722. The number of carbonyl (C=O) groups is 1. The average molecular weight is 351 g/mol. The molecule has 1 atom stereocenters. The van der Waals surface area contributed by atoms with Gasteiger partial charge in [0.15, 0.2) is 0 Å². The first-order valence-electron chi connectivity index (χ1n) is 8.97. The quantitative estimate of drug-likeness (QED) is 0.904. The lowest BCUT2D eigenvalue weighted by Gasteiger charge is -2.43. The Morgan fingerprint density at radius 2 is 2.21 bits per heavy atom. The molecule has 1 aromatic rings. The Balaban J connectivity index is 1.40. The van der Waals surface area contributed by atoms with Crippen molar-refractivity contribution in [3.05, 3.63) is 21.4 Å². The Hall–Kier alpha value is -0.950. The molecular formula is C18H25NO4S. The second kappa shape index (κ2) is 6.75. The Morgan fingerprint density at radius 3 is 2.92 bits per heavy atom. The zero-order valence-corrected chi connectivity index (χ0v) is 14.8. The Morgan fingerprint density at radius 1 is 1.38 bits per heavy atom. The number of likely N-dealkylation sites (tertiary alicyclic amines) is 1. The third kappa shape index (κ3) is 3.12. The molecule has 1 N–H and O–H groups in total. The molecule has 0 aliphatic carbocycles. The van der Waals surface area contributed by atoms with Crippen LogP contribution in [0.25, 0.3) is 0 Å². The lowest BCUT2D eigenvalue weighted by molar-refractivity contribution is -0.0953. The third-order valence-electron chi connectivity index (χ3n) is 5.72. The number of carboxylic acid groups (broad SMARTS) is 1. The van der Waals surface area contributed by atoms with Crippen LogP contribution in [-0.4, -0.2) is 55.4 Å². The van der Waals surface area contributed by atoms with Crippen molar-refractivity contribution in [2.24, 2.45) is 5.92 Å². The third-order valence-corrected chi connectivity index (χ3v) is 7.08. The van der Waals surface area contributed by atoms with Gasteiger partial charge in [-0.15, -0.1) is 11.3 Å². The van der Waals surface area contributed by atoms with Gasteiger partial charge < -0.3 is 19.5 Å². The predicted molar refractivity (Wildman–Crippen MR) is 91.8 cm³/mol. The number of piperidine rings is 1. The molecule has 0 aromatic carbocycles. The van der Waals surface area contributed by atoms with E-state index in [4.69, 9.17) is 9.47 Å². The van der Waals surface area contributed by atoms with Gasteiger partial charge in [0.2, 0.25) is 0 Å². The van der Waals surface area contributed by atoms with Crippen LogP contribution in [0.4, 0.5) is 0 Å². The van der Waals surface area contributed by atoms with Gasteiger partial charge in [-0.3, -0.25) is 0 Å². The molecule has 1 aromatic heterocycles. The molecular weight excluding hydrogens is 326 g/mol. The molecule has 6 heteroatoms. The lowest BCUT2D eigenvalue weighted by Crippen LogP contribution is -2.46. The number of rotatable bonds is 4. The van der Waals surface area contributed by atoms with Crippen LogP contribution in [0.3, 0.4) is 0 Å². The Kier molecular flexibility index (Phi) is 4.64. The second-order valence-corrected chi connectivity index (χ2v) is 8.28. The van der Waals surface area contributed by atoms with E-state index in [1.54, 1.807) is 0 Å². The van der Waals surface area contributed by atoms with Crippen molar-refractivity contribution in [2.75, 3.05) is 39.5 Å². The molecule has 5 nitrogen and oxygen atoms in total. The summed E-state index contributed by atoms with van der Waals surface area (Å²) in [6.07, 6.45) is 5.21. The minimum absolute atomic E-state index is 0.237. The van der Waals surface area contributed by atoms with Crippen LogP contribution < -0.4 is 0 Å². The van der Waals surface area contributed by atoms with Crippen LogP contribution in [0.15, 0.2) is 6.07 Å². The number of nitrogens with zero attached hydrogens (tertiary/aromatic N) is 1. The minimum atomic E-state index is -0.819. The SMILES string of the molecule is O=C(O)c1cc2c(s1)C1(CCN(CCC3CCOC3)CC1)OCC2. The summed E-state index contributed by atoms with van der Waals surface area (Å²) in [6, 6.07) is 1.86. The fourth-order valence-electron chi connectivity index (χ4n) is 4.21. The van der Waals surface area contributed by atoms with Gasteiger partial charge in [-0.25, -0.2) is 4.79 Å². The van der Waals surface area contributed by atoms with Crippen molar-refractivity contribution < 1.29 is 19.4 Å². The van der Waals surface area contributed by atoms with Crippen molar-refractivity contribution in [2.45, 2.75) is 37.7 Å². The molecule has 0 radical (unpaired) electrons. The van der Waals surface area contributed by atoms with Crippen molar-refractivity contribution in [1.82, 2.24) is 4.90 Å². The van der Waals surface area contributed by atoms with Crippen LogP contribution in [0, 0.1) is 5.92 Å². The maximum absolute atomic E-state index is 11.3. The number of hydrogen-bond acceptors (Lipinski definition) is 5. The van der Waals surface area contributed by atoms with Crippen molar-refractivity contribution in [3.63, 3.8) is 0 Å². The summed E-state index contributed by atoms with van der Waals surface area (Å²) in [5.41, 5.74) is 0.957. The van der Waals surface area contributed by atoms with E-state index in [1.807, 2.05) is 6.07 Å². The predicted octanol–water partition coefficient (Wildman–Crippen LogP) is 2.74.